The third-order valence-electron chi connectivity index (χ3n) is 6.96. The first-order valence-corrected chi connectivity index (χ1v) is 12.7. The molecule has 2 aliphatic heterocycles. The van der Waals surface area contributed by atoms with Crippen LogP contribution in [0.2, 0.25) is 0 Å². The summed E-state index contributed by atoms with van der Waals surface area (Å²) < 4.78 is 85.8. The van der Waals surface area contributed by atoms with Gasteiger partial charge in [-0.2, -0.15) is 26.3 Å². The average Bonchev–Trinajstić information content (AvgIpc) is 2.91. The minimum absolute atomic E-state index is 0.0163. The lowest BCUT2D eigenvalue weighted by molar-refractivity contribution is -0.143. The Morgan fingerprint density at radius 3 is 2.23 bits per heavy atom. The highest BCUT2D eigenvalue weighted by Crippen LogP contribution is 2.37. The van der Waals surface area contributed by atoms with Gasteiger partial charge in [-0.1, -0.05) is 29.8 Å². The smallest absolute Gasteiger partial charge is 0.378 e. The van der Waals surface area contributed by atoms with Gasteiger partial charge in [0.25, 0.3) is 5.91 Å². The Labute approximate surface area is 226 Å². The maximum atomic E-state index is 13.4. The molecular weight excluding hydrogens is 538 g/mol. The van der Waals surface area contributed by atoms with E-state index in [9.17, 15) is 31.1 Å². The molecule has 0 aliphatic carbocycles. The van der Waals surface area contributed by atoms with E-state index >= 15 is 0 Å². The first kappa shape index (κ1) is 27.9. The standard InChI is InChI=1S/C28H26F6N4O2/c1-17-3-2-4-18(11-17)12-24-35-23-5-6-38(16-22(23)25(36-24)37-7-9-40-10-8-37)26(39)19-13-20(27(29,30)31)15-21(14-19)28(32,33)34/h2-4,11,13-15H,5-10,12,16H2,1H3. The molecular formula is C28H26F6N4O2. The zero-order valence-corrected chi connectivity index (χ0v) is 21.6. The number of carbonyl (C=O) groups is 1. The Balaban J connectivity index is 1.49. The van der Waals surface area contributed by atoms with Crippen LogP contribution in [0, 0.1) is 6.92 Å². The molecule has 6 nitrogen and oxygen atoms in total. The van der Waals surface area contributed by atoms with Crippen LogP contribution in [0.4, 0.5) is 32.2 Å². The van der Waals surface area contributed by atoms with Gasteiger partial charge in [0.1, 0.15) is 11.6 Å². The van der Waals surface area contributed by atoms with Crippen LogP contribution < -0.4 is 4.90 Å². The normalized spacial score (nSPS) is 16.2. The van der Waals surface area contributed by atoms with Crippen molar-refractivity contribution in [2.45, 2.75) is 38.7 Å². The number of amides is 1. The van der Waals surface area contributed by atoms with E-state index in [4.69, 9.17) is 14.7 Å². The SMILES string of the molecule is Cc1cccc(Cc2nc3c(c(N4CCOCC4)n2)CN(C(=O)c2cc(C(F)(F)F)cc(C(F)(F)F)c2)CC3)c1. The van der Waals surface area contributed by atoms with E-state index in [1.165, 1.54) is 4.90 Å². The Morgan fingerprint density at radius 2 is 1.60 bits per heavy atom. The molecule has 0 saturated carbocycles. The van der Waals surface area contributed by atoms with Gasteiger partial charge in [-0.15, -0.1) is 0 Å². The van der Waals surface area contributed by atoms with E-state index in [2.05, 4.69) is 0 Å². The maximum Gasteiger partial charge on any atom is 0.416 e. The largest absolute Gasteiger partial charge is 0.416 e. The number of rotatable bonds is 4. The van der Waals surface area contributed by atoms with Gasteiger partial charge in [-0.3, -0.25) is 4.79 Å². The zero-order valence-electron chi connectivity index (χ0n) is 21.6. The van der Waals surface area contributed by atoms with Crippen molar-refractivity contribution >= 4 is 11.7 Å². The van der Waals surface area contributed by atoms with E-state index in [0.717, 1.165) is 11.1 Å². The fourth-order valence-corrected chi connectivity index (χ4v) is 5.00. The van der Waals surface area contributed by atoms with Crippen LogP contribution >= 0.6 is 0 Å². The van der Waals surface area contributed by atoms with E-state index in [1.54, 1.807) is 0 Å². The monoisotopic (exact) mass is 564 g/mol. The fourth-order valence-electron chi connectivity index (χ4n) is 5.00. The number of carbonyl (C=O) groups excluding carboxylic acids is 1. The van der Waals surface area contributed by atoms with Crippen LogP contribution in [0.3, 0.4) is 0 Å². The second kappa shape index (κ2) is 10.7. The molecule has 1 fully saturated rings. The quantitative estimate of drug-likeness (QED) is 0.395. The number of aromatic nitrogens is 2. The number of alkyl halides is 6. The number of aryl methyl sites for hydroxylation is 1. The van der Waals surface area contributed by atoms with Gasteiger partial charge in [-0.25, -0.2) is 9.97 Å². The lowest BCUT2D eigenvalue weighted by atomic mass is 10.0. The number of fused-ring (bicyclic) bond motifs is 1. The summed E-state index contributed by atoms with van der Waals surface area (Å²) in [6.07, 6.45) is -9.32. The minimum Gasteiger partial charge on any atom is -0.378 e. The molecule has 0 N–H and O–H groups in total. The van der Waals surface area contributed by atoms with Crippen molar-refractivity contribution in [2.24, 2.45) is 0 Å². The Morgan fingerprint density at radius 1 is 0.925 bits per heavy atom. The van der Waals surface area contributed by atoms with Crippen molar-refractivity contribution in [3.63, 3.8) is 0 Å². The van der Waals surface area contributed by atoms with Crippen molar-refractivity contribution < 1.29 is 35.9 Å². The van der Waals surface area contributed by atoms with Crippen LogP contribution in [-0.4, -0.2) is 53.6 Å². The van der Waals surface area contributed by atoms with Crippen LogP contribution in [0.15, 0.2) is 42.5 Å². The van der Waals surface area contributed by atoms with E-state index in [0.29, 0.717) is 67.8 Å². The molecule has 0 radical (unpaired) electrons. The zero-order chi connectivity index (χ0) is 28.7. The van der Waals surface area contributed by atoms with Crippen LogP contribution in [0.1, 0.15) is 49.7 Å². The molecule has 0 unspecified atom stereocenters. The first-order valence-electron chi connectivity index (χ1n) is 12.7. The molecule has 1 amide bonds. The maximum absolute atomic E-state index is 13.4. The van der Waals surface area contributed by atoms with Crippen molar-refractivity contribution in [1.29, 1.82) is 0 Å². The Hall–Kier alpha value is -3.67. The predicted octanol–water partition coefficient (Wildman–Crippen LogP) is 5.45. The third kappa shape index (κ3) is 6.06. The highest BCUT2D eigenvalue weighted by Gasteiger charge is 2.38. The van der Waals surface area contributed by atoms with Crippen molar-refractivity contribution in [2.75, 3.05) is 37.7 Å². The molecule has 40 heavy (non-hydrogen) atoms. The van der Waals surface area contributed by atoms with Gasteiger partial charge in [0.05, 0.1) is 36.6 Å². The molecule has 3 heterocycles. The van der Waals surface area contributed by atoms with Crippen molar-refractivity contribution in [1.82, 2.24) is 14.9 Å². The van der Waals surface area contributed by atoms with Gasteiger partial charge in [0.15, 0.2) is 0 Å². The summed E-state index contributed by atoms with van der Waals surface area (Å²) in [5.41, 5.74) is -0.245. The molecule has 1 saturated heterocycles. The minimum atomic E-state index is -5.05. The second-order valence-corrected chi connectivity index (χ2v) is 9.93. The highest BCUT2D eigenvalue weighted by molar-refractivity contribution is 5.95. The van der Waals surface area contributed by atoms with Gasteiger partial charge >= 0.3 is 12.4 Å². The van der Waals surface area contributed by atoms with Crippen molar-refractivity contribution in [3.8, 4) is 0 Å². The first-order chi connectivity index (χ1) is 18.9. The number of nitrogens with zero attached hydrogens (tertiary/aromatic N) is 4. The topological polar surface area (TPSA) is 58.6 Å². The molecule has 212 valence electrons. The molecule has 1 aromatic heterocycles. The summed E-state index contributed by atoms with van der Waals surface area (Å²) in [6, 6.07) is 8.92. The number of halogens is 6. The molecule has 12 heteroatoms. The second-order valence-electron chi connectivity index (χ2n) is 9.93. The van der Waals surface area contributed by atoms with E-state index < -0.39 is 35.0 Å². The molecule has 2 aliphatic rings. The van der Waals surface area contributed by atoms with Crippen LogP contribution in [0.25, 0.3) is 0 Å². The fraction of sp³-hybridized carbons (Fsp3) is 0.393. The number of hydrogen-bond acceptors (Lipinski definition) is 5. The molecule has 0 atom stereocenters. The number of ether oxygens (including phenoxy) is 1. The lowest BCUT2D eigenvalue weighted by Gasteiger charge is -2.34. The van der Waals surface area contributed by atoms with Gasteiger partial charge in [0.2, 0.25) is 0 Å². The highest BCUT2D eigenvalue weighted by atomic mass is 19.4. The lowest BCUT2D eigenvalue weighted by Crippen LogP contribution is -2.41. The number of hydrogen-bond donors (Lipinski definition) is 0. The van der Waals surface area contributed by atoms with Crippen LogP contribution in [-0.2, 0) is 36.5 Å². The number of anilines is 1. The van der Waals surface area contributed by atoms with E-state index in [1.807, 2.05) is 36.1 Å². The van der Waals surface area contributed by atoms with E-state index in [-0.39, 0.29) is 25.6 Å². The van der Waals surface area contributed by atoms with Crippen molar-refractivity contribution in [3.05, 3.63) is 87.4 Å². The Kier molecular flexibility index (Phi) is 7.47. The summed E-state index contributed by atoms with van der Waals surface area (Å²) in [5, 5.41) is 0. The number of benzene rings is 2. The molecule has 0 spiro atoms. The summed E-state index contributed by atoms with van der Waals surface area (Å²) in [6.45, 7) is 4.08. The molecule has 2 aromatic carbocycles. The van der Waals surface area contributed by atoms with Gasteiger partial charge < -0.3 is 14.5 Å². The summed E-state index contributed by atoms with van der Waals surface area (Å²) in [4.78, 5) is 26.2. The summed E-state index contributed by atoms with van der Waals surface area (Å²) >= 11 is 0. The molecule has 5 rings (SSSR count). The third-order valence-corrected chi connectivity index (χ3v) is 6.96. The molecule has 3 aromatic rings. The Bertz CT molecular complexity index is 1380. The summed E-state index contributed by atoms with van der Waals surface area (Å²) in [5.74, 6) is 0.283. The molecule has 0 bridgehead atoms. The van der Waals surface area contributed by atoms with Crippen LogP contribution in [0.5, 0.6) is 0 Å². The summed E-state index contributed by atoms with van der Waals surface area (Å²) in [7, 11) is 0. The van der Waals surface area contributed by atoms with Gasteiger partial charge in [-0.05, 0) is 30.7 Å². The predicted molar refractivity (Wildman–Crippen MR) is 134 cm³/mol. The number of morpholine rings is 1. The van der Waals surface area contributed by atoms with Gasteiger partial charge in [0, 0.05) is 43.6 Å². The average molecular weight is 565 g/mol.